The van der Waals surface area contributed by atoms with Gasteiger partial charge in [-0.2, -0.15) is 5.10 Å². The average molecular weight is 347 g/mol. The third-order valence-electron chi connectivity index (χ3n) is 4.96. The summed E-state index contributed by atoms with van der Waals surface area (Å²) < 4.78 is 1.97. The maximum absolute atomic E-state index is 4.76. The molecule has 1 aliphatic heterocycles. The summed E-state index contributed by atoms with van der Waals surface area (Å²) in [5, 5.41) is 4.69. The van der Waals surface area contributed by atoms with E-state index in [0.717, 1.165) is 43.3 Å². The van der Waals surface area contributed by atoms with Crippen molar-refractivity contribution in [1.82, 2.24) is 24.6 Å². The molecule has 1 aromatic carbocycles. The molecule has 26 heavy (non-hydrogen) atoms. The normalized spacial score (nSPS) is 14.6. The first-order valence-electron chi connectivity index (χ1n) is 9.28. The summed E-state index contributed by atoms with van der Waals surface area (Å²) in [6.07, 6.45) is 5.16. The van der Waals surface area contributed by atoms with Crippen LogP contribution in [0.25, 0.3) is 5.69 Å². The van der Waals surface area contributed by atoms with E-state index in [4.69, 9.17) is 4.98 Å². The third kappa shape index (κ3) is 3.40. The van der Waals surface area contributed by atoms with E-state index in [1.54, 1.807) is 0 Å². The van der Waals surface area contributed by atoms with E-state index in [-0.39, 0.29) is 0 Å². The van der Waals surface area contributed by atoms with Crippen molar-refractivity contribution < 1.29 is 0 Å². The Morgan fingerprint density at radius 2 is 1.96 bits per heavy atom. The monoisotopic (exact) mass is 347 g/mol. The van der Waals surface area contributed by atoms with Crippen LogP contribution in [0.1, 0.15) is 48.1 Å². The molecule has 1 aliphatic rings. The summed E-state index contributed by atoms with van der Waals surface area (Å²) in [5.74, 6) is 1.34. The van der Waals surface area contributed by atoms with Crippen molar-refractivity contribution in [1.29, 1.82) is 0 Å². The van der Waals surface area contributed by atoms with E-state index in [2.05, 4.69) is 54.1 Å². The van der Waals surface area contributed by atoms with Crippen LogP contribution in [0.15, 0.2) is 42.7 Å². The molecule has 5 nitrogen and oxygen atoms in total. The zero-order valence-corrected chi connectivity index (χ0v) is 15.7. The van der Waals surface area contributed by atoms with E-state index in [9.17, 15) is 0 Å². The predicted molar refractivity (Wildman–Crippen MR) is 102 cm³/mol. The van der Waals surface area contributed by atoms with Gasteiger partial charge in [0.1, 0.15) is 5.82 Å². The number of hydrogen-bond donors (Lipinski definition) is 0. The smallest absolute Gasteiger partial charge is 0.131 e. The minimum atomic E-state index is 0.379. The second-order valence-corrected chi connectivity index (χ2v) is 7.34. The van der Waals surface area contributed by atoms with Crippen molar-refractivity contribution in [3.63, 3.8) is 0 Å². The Balaban J connectivity index is 1.50. The zero-order valence-electron chi connectivity index (χ0n) is 15.7. The molecule has 3 heterocycles. The number of hydrogen-bond acceptors (Lipinski definition) is 4. The van der Waals surface area contributed by atoms with E-state index in [1.807, 2.05) is 29.1 Å². The van der Waals surface area contributed by atoms with E-state index in [1.165, 1.54) is 16.8 Å². The van der Waals surface area contributed by atoms with Crippen LogP contribution in [-0.2, 0) is 19.5 Å². The van der Waals surface area contributed by atoms with Crippen LogP contribution in [-0.4, -0.2) is 31.2 Å². The summed E-state index contributed by atoms with van der Waals surface area (Å²) in [5.41, 5.74) is 5.94. The predicted octanol–water partition coefficient (Wildman–Crippen LogP) is 3.65. The maximum Gasteiger partial charge on any atom is 0.131 e. The second kappa shape index (κ2) is 7.00. The molecule has 0 saturated heterocycles. The molecule has 0 spiro atoms. The number of rotatable bonds is 4. The van der Waals surface area contributed by atoms with Gasteiger partial charge < -0.3 is 0 Å². The van der Waals surface area contributed by atoms with Gasteiger partial charge in [-0.15, -0.1) is 0 Å². The number of para-hydroxylation sites is 1. The second-order valence-electron chi connectivity index (χ2n) is 7.34. The topological polar surface area (TPSA) is 46.8 Å². The van der Waals surface area contributed by atoms with Crippen molar-refractivity contribution in [2.75, 3.05) is 6.54 Å². The van der Waals surface area contributed by atoms with Gasteiger partial charge in [0.15, 0.2) is 0 Å². The number of aromatic nitrogens is 4. The van der Waals surface area contributed by atoms with Crippen molar-refractivity contribution in [3.8, 4) is 5.69 Å². The van der Waals surface area contributed by atoms with Crippen LogP contribution in [0.5, 0.6) is 0 Å². The van der Waals surface area contributed by atoms with Gasteiger partial charge in [0, 0.05) is 61.2 Å². The van der Waals surface area contributed by atoms with Crippen molar-refractivity contribution in [3.05, 3.63) is 71.1 Å². The van der Waals surface area contributed by atoms with E-state index in [0.29, 0.717) is 5.92 Å². The molecule has 0 bridgehead atoms. The molecule has 0 saturated carbocycles. The van der Waals surface area contributed by atoms with E-state index < -0.39 is 0 Å². The molecular formula is C21H25N5. The lowest BCUT2D eigenvalue weighted by Gasteiger charge is -2.28. The Bertz CT molecular complexity index is 898. The highest BCUT2D eigenvalue weighted by Gasteiger charge is 2.20. The first kappa shape index (κ1) is 16.9. The van der Waals surface area contributed by atoms with Crippen LogP contribution in [0.2, 0.25) is 0 Å². The quantitative estimate of drug-likeness (QED) is 0.723. The number of aryl methyl sites for hydroxylation is 1. The highest BCUT2D eigenvalue weighted by molar-refractivity contribution is 5.32. The molecule has 0 aliphatic carbocycles. The van der Waals surface area contributed by atoms with E-state index >= 15 is 0 Å². The fourth-order valence-electron chi connectivity index (χ4n) is 3.41. The van der Waals surface area contributed by atoms with Gasteiger partial charge in [-0.25, -0.2) is 14.6 Å². The van der Waals surface area contributed by atoms with Crippen molar-refractivity contribution >= 4 is 0 Å². The first-order valence-corrected chi connectivity index (χ1v) is 9.28. The Kier molecular flexibility index (Phi) is 4.55. The SMILES string of the molecule is Cc1nn(-c2ccccc2)cc1CN1CCc2nc(C(C)C)ncc2C1. The summed E-state index contributed by atoms with van der Waals surface area (Å²) in [6, 6.07) is 10.3. The van der Waals surface area contributed by atoms with Gasteiger partial charge in [0.25, 0.3) is 0 Å². The maximum atomic E-state index is 4.76. The van der Waals surface area contributed by atoms with Crippen LogP contribution in [0.4, 0.5) is 0 Å². The molecule has 4 rings (SSSR count). The summed E-state index contributed by atoms with van der Waals surface area (Å²) in [7, 11) is 0. The van der Waals surface area contributed by atoms with Gasteiger partial charge in [0.05, 0.1) is 11.4 Å². The minimum Gasteiger partial charge on any atom is -0.294 e. The number of benzene rings is 1. The lowest BCUT2D eigenvalue weighted by Crippen LogP contribution is -2.31. The van der Waals surface area contributed by atoms with Gasteiger partial charge >= 0.3 is 0 Å². The highest BCUT2D eigenvalue weighted by atomic mass is 15.3. The molecule has 0 N–H and O–H groups in total. The Hall–Kier alpha value is -2.53. The molecule has 0 fully saturated rings. The minimum absolute atomic E-state index is 0.379. The molecule has 2 aromatic heterocycles. The summed E-state index contributed by atoms with van der Waals surface area (Å²) in [4.78, 5) is 11.8. The molecule has 0 amide bonds. The molecule has 0 unspecified atom stereocenters. The molecule has 3 aromatic rings. The lowest BCUT2D eigenvalue weighted by atomic mass is 10.1. The van der Waals surface area contributed by atoms with Crippen LogP contribution in [0, 0.1) is 6.92 Å². The fraction of sp³-hybridized carbons (Fsp3) is 0.381. The molecule has 5 heteroatoms. The van der Waals surface area contributed by atoms with Gasteiger partial charge in [-0.1, -0.05) is 32.0 Å². The largest absolute Gasteiger partial charge is 0.294 e. The third-order valence-corrected chi connectivity index (χ3v) is 4.96. The van der Waals surface area contributed by atoms with Crippen LogP contribution >= 0.6 is 0 Å². The Labute approximate surface area is 154 Å². The molecule has 134 valence electrons. The van der Waals surface area contributed by atoms with Crippen molar-refractivity contribution in [2.24, 2.45) is 0 Å². The molecule has 0 radical (unpaired) electrons. The first-order chi connectivity index (χ1) is 12.6. The summed E-state index contributed by atoms with van der Waals surface area (Å²) in [6.45, 7) is 9.21. The average Bonchev–Trinajstić information content (AvgIpc) is 3.02. The van der Waals surface area contributed by atoms with Gasteiger partial charge in [-0.05, 0) is 19.1 Å². The Morgan fingerprint density at radius 3 is 2.73 bits per heavy atom. The molecular weight excluding hydrogens is 322 g/mol. The standard InChI is InChI=1S/C21H25N5/c1-15(2)21-22-11-17-12-25(10-9-20(17)23-21)13-18-14-26(24-16(18)3)19-7-5-4-6-8-19/h4-8,11,14-15H,9-10,12-13H2,1-3H3. The highest BCUT2D eigenvalue weighted by Crippen LogP contribution is 2.22. The number of nitrogens with zero attached hydrogens (tertiary/aromatic N) is 5. The van der Waals surface area contributed by atoms with Crippen molar-refractivity contribution in [2.45, 2.75) is 46.2 Å². The lowest BCUT2D eigenvalue weighted by molar-refractivity contribution is 0.242. The van der Waals surface area contributed by atoms with Crippen LogP contribution in [0.3, 0.4) is 0 Å². The Morgan fingerprint density at radius 1 is 1.15 bits per heavy atom. The zero-order chi connectivity index (χ0) is 18.1. The van der Waals surface area contributed by atoms with Gasteiger partial charge in [-0.3, -0.25) is 4.90 Å². The summed E-state index contributed by atoms with van der Waals surface area (Å²) >= 11 is 0. The number of fused-ring (bicyclic) bond motifs is 1. The van der Waals surface area contributed by atoms with Gasteiger partial charge in [0.2, 0.25) is 0 Å². The fourth-order valence-corrected chi connectivity index (χ4v) is 3.41. The molecule has 0 atom stereocenters. The van der Waals surface area contributed by atoms with Crippen LogP contribution < -0.4 is 0 Å².